The molecule has 0 saturated heterocycles. The first-order valence-electron chi connectivity index (χ1n) is 2.52. The van der Waals surface area contributed by atoms with Gasteiger partial charge in [-0.2, -0.15) is 0 Å². The van der Waals surface area contributed by atoms with Crippen LogP contribution in [0.5, 0.6) is 0 Å². The quantitative estimate of drug-likeness (QED) is 0.793. The van der Waals surface area contributed by atoms with E-state index in [0.717, 1.165) is 0 Å². The lowest BCUT2D eigenvalue weighted by molar-refractivity contribution is 0.0690. The predicted octanol–water partition coefficient (Wildman–Crippen LogP) is 1.43. The highest BCUT2D eigenvalue weighted by molar-refractivity contribution is 14.1. The monoisotopic (exact) mass is 284 g/mol. The van der Waals surface area contributed by atoms with Gasteiger partial charge < -0.3 is 5.11 Å². The molecule has 0 amide bonds. The summed E-state index contributed by atoms with van der Waals surface area (Å²) in [4.78, 5) is 17.7. The Morgan fingerprint density at radius 1 is 1.73 bits per heavy atom. The molecule has 6 heteroatoms. The Bertz CT molecular complexity index is 305. The van der Waals surface area contributed by atoms with Crippen LogP contribution in [-0.2, 0) is 0 Å². The van der Waals surface area contributed by atoms with Gasteiger partial charge in [0, 0.05) is 0 Å². The molecule has 0 aromatic carbocycles. The van der Waals surface area contributed by atoms with Gasteiger partial charge in [0.1, 0.15) is 3.70 Å². The van der Waals surface area contributed by atoms with Crippen LogP contribution in [0.3, 0.4) is 0 Å². The molecule has 0 bridgehead atoms. The number of nitrogens with zero attached hydrogens (tertiary/aromatic N) is 2. The van der Waals surface area contributed by atoms with E-state index < -0.39 is 5.97 Å². The summed E-state index contributed by atoms with van der Waals surface area (Å²) in [5.41, 5.74) is -0.210. The lowest BCUT2D eigenvalue weighted by Gasteiger charge is -1.95. The van der Waals surface area contributed by atoms with Crippen LogP contribution in [0.4, 0.5) is 0 Å². The van der Waals surface area contributed by atoms with Gasteiger partial charge >= 0.3 is 5.97 Å². The molecule has 0 aliphatic rings. The minimum Gasteiger partial charge on any atom is -0.476 e. The first-order chi connectivity index (χ1) is 5.11. The molecule has 1 rings (SSSR count). The topological polar surface area (TPSA) is 63.1 Å². The number of hydrogen-bond acceptors (Lipinski definition) is 3. The van der Waals surface area contributed by atoms with Crippen LogP contribution in [0.1, 0.15) is 10.5 Å². The number of carboxylic acids is 1. The molecule has 0 radical (unpaired) electrons. The Morgan fingerprint density at radius 2 is 2.36 bits per heavy atom. The summed E-state index contributed by atoms with van der Waals surface area (Å²) >= 11 is 7.29. The Hall–Kier alpha value is -0.430. The van der Waals surface area contributed by atoms with Crippen molar-refractivity contribution in [2.75, 3.05) is 0 Å². The fourth-order valence-electron chi connectivity index (χ4n) is 0.489. The summed E-state index contributed by atoms with van der Waals surface area (Å²) in [7, 11) is 0. The number of carboxylic acid groups (broad SMARTS) is 1. The van der Waals surface area contributed by atoms with Gasteiger partial charge in [0.2, 0.25) is 0 Å². The summed E-state index contributed by atoms with van der Waals surface area (Å²) in [6.07, 6.45) is 1.40. The SMILES string of the molecule is O=C(O)c1nc(I)cnc1Cl. The second-order valence-corrected chi connectivity index (χ2v) is 3.10. The van der Waals surface area contributed by atoms with Crippen LogP contribution in [0.2, 0.25) is 5.15 Å². The maximum Gasteiger partial charge on any atom is 0.357 e. The lowest BCUT2D eigenvalue weighted by Crippen LogP contribution is -2.03. The van der Waals surface area contributed by atoms with E-state index in [1.54, 1.807) is 0 Å². The van der Waals surface area contributed by atoms with E-state index in [1.807, 2.05) is 22.6 Å². The molecule has 4 nitrogen and oxygen atoms in total. The van der Waals surface area contributed by atoms with Crippen molar-refractivity contribution in [3.8, 4) is 0 Å². The molecule has 1 aromatic heterocycles. The highest BCUT2D eigenvalue weighted by Crippen LogP contribution is 2.10. The molecule has 0 spiro atoms. The minimum atomic E-state index is -1.17. The first kappa shape index (κ1) is 8.66. The molecule has 0 unspecified atom stereocenters. The molecule has 0 aliphatic carbocycles. The number of hydrogen-bond donors (Lipinski definition) is 1. The number of aromatic carboxylic acids is 1. The highest BCUT2D eigenvalue weighted by atomic mass is 127. The smallest absolute Gasteiger partial charge is 0.357 e. The Morgan fingerprint density at radius 3 is 2.82 bits per heavy atom. The number of rotatable bonds is 1. The molecular formula is C5H2ClIN2O2. The summed E-state index contributed by atoms with van der Waals surface area (Å²) in [5.74, 6) is -1.17. The van der Waals surface area contributed by atoms with E-state index in [4.69, 9.17) is 16.7 Å². The predicted molar refractivity (Wildman–Crippen MR) is 46.7 cm³/mol. The van der Waals surface area contributed by atoms with Crippen LogP contribution in [0.15, 0.2) is 6.20 Å². The molecule has 58 valence electrons. The van der Waals surface area contributed by atoms with Gasteiger partial charge in [-0.05, 0) is 22.6 Å². The normalized spacial score (nSPS) is 9.64. The van der Waals surface area contributed by atoms with Crippen LogP contribution >= 0.6 is 34.2 Å². The molecule has 0 aliphatic heterocycles. The fourth-order valence-corrected chi connectivity index (χ4v) is 1.04. The van der Waals surface area contributed by atoms with Crippen molar-refractivity contribution >= 4 is 40.2 Å². The third kappa shape index (κ3) is 2.00. The fraction of sp³-hybridized carbons (Fsp3) is 0. The summed E-state index contributed by atoms with van der Waals surface area (Å²) in [6.45, 7) is 0. The highest BCUT2D eigenvalue weighted by Gasteiger charge is 2.11. The van der Waals surface area contributed by atoms with Crippen molar-refractivity contribution < 1.29 is 9.90 Å². The van der Waals surface area contributed by atoms with Gasteiger partial charge in [0.15, 0.2) is 10.8 Å². The molecule has 11 heavy (non-hydrogen) atoms. The van der Waals surface area contributed by atoms with Crippen molar-refractivity contribution in [1.29, 1.82) is 0 Å². The molecule has 1 N–H and O–H groups in total. The second-order valence-electron chi connectivity index (χ2n) is 1.64. The Labute approximate surface area is 80.8 Å². The van der Waals surface area contributed by atoms with E-state index in [2.05, 4.69) is 9.97 Å². The molecule has 1 aromatic rings. The third-order valence-corrected chi connectivity index (χ3v) is 1.70. The Kier molecular flexibility index (Phi) is 2.61. The van der Waals surface area contributed by atoms with Crippen molar-refractivity contribution in [1.82, 2.24) is 9.97 Å². The van der Waals surface area contributed by atoms with Gasteiger partial charge in [0.05, 0.1) is 6.20 Å². The zero-order chi connectivity index (χ0) is 8.43. The van der Waals surface area contributed by atoms with Gasteiger partial charge in [-0.3, -0.25) is 0 Å². The third-order valence-electron chi connectivity index (χ3n) is 0.901. The van der Waals surface area contributed by atoms with Crippen molar-refractivity contribution in [2.24, 2.45) is 0 Å². The van der Waals surface area contributed by atoms with Crippen molar-refractivity contribution in [3.05, 3.63) is 20.7 Å². The van der Waals surface area contributed by atoms with Gasteiger partial charge in [0.25, 0.3) is 0 Å². The maximum atomic E-state index is 10.4. The largest absolute Gasteiger partial charge is 0.476 e. The molecular weight excluding hydrogens is 282 g/mol. The van der Waals surface area contributed by atoms with Crippen LogP contribution in [-0.4, -0.2) is 21.0 Å². The number of halogens is 2. The van der Waals surface area contributed by atoms with Crippen LogP contribution in [0.25, 0.3) is 0 Å². The first-order valence-corrected chi connectivity index (χ1v) is 3.98. The summed E-state index contributed by atoms with van der Waals surface area (Å²) in [6, 6.07) is 0. The number of carbonyl (C=O) groups is 1. The second kappa shape index (κ2) is 3.31. The average molecular weight is 284 g/mol. The van der Waals surface area contributed by atoms with E-state index in [0.29, 0.717) is 3.70 Å². The minimum absolute atomic E-state index is 0.0853. The lowest BCUT2D eigenvalue weighted by atomic mass is 10.5. The van der Waals surface area contributed by atoms with Gasteiger partial charge in [-0.1, -0.05) is 11.6 Å². The van der Waals surface area contributed by atoms with Gasteiger partial charge in [-0.25, -0.2) is 14.8 Å². The van der Waals surface area contributed by atoms with E-state index in [1.165, 1.54) is 6.20 Å². The zero-order valence-electron chi connectivity index (χ0n) is 5.08. The molecule has 0 saturated carbocycles. The molecule has 0 fully saturated rings. The van der Waals surface area contributed by atoms with Gasteiger partial charge in [-0.15, -0.1) is 0 Å². The van der Waals surface area contributed by atoms with Crippen molar-refractivity contribution in [3.63, 3.8) is 0 Å². The van der Waals surface area contributed by atoms with Crippen molar-refractivity contribution in [2.45, 2.75) is 0 Å². The standard InChI is InChI=1S/C5H2ClIN2O2/c6-4-3(5(10)11)9-2(7)1-8-4/h1H,(H,10,11). The van der Waals surface area contributed by atoms with Crippen LogP contribution in [0, 0.1) is 3.70 Å². The van der Waals surface area contributed by atoms with E-state index in [-0.39, 0.29) is 10.8 Å². The zero-order valence-corrected chi connectivity index (χ0v) is 8.00. The van der Waals surface area contributed by atoms with E-state index in [9.17, 15) is 4.79 Å². The molecule has 1 heterocycles. The maximum absolute atomic E-state index is 10.4. The summed E-state index contributed by atoms with van der Waals surface area (Å²) < 4.78 is 0.504. The Balaban J connectivity index is 3.23. The number of aromatic nitrogens is 2. The molecule has 0 atom stereocenters. The van der Waals surface area contributed by atoms with Crippen LogP contribution < -0.4 is 0 Å². The summed E-state index contributed by atoms with van der Waals surface area (Å²) in [5, 5.41) is 8.41. The van der Waals surface area contributed by atoms with E-state index >= 15 is 0 Å². The average Bonchev–Trinajstić information content (AvgIpc) is 1.94.